The molecule has 0 radical (unpaired) electrons. The van der Waals surface area contributed by atoms with Crippen LogP contribution < -0.4 is 4.90 Å². The van der Waals surface area contributed by atoms with E-state index in [1.165, 1.54) is 0 Å². The van der Waals surface area contributed by atoms with Crippen LogP contribution >= 0.6 is 0 Å². The summed E-state index contributed by atoms with van der Waals surface area (Å²) in [4.78, 5) is 19.4. The van der Waals surface area contributed by atoms with Crippen molar-refractivity contribution in [2.24, 2.45) is 0 Å². The normalized spacial score (nSPS) is 17.6. The zero-order chi connectivity index (χ0) is 17.9. The molecule has 3 aromatic rings. The number of ether oxygens (including phenoxy) is 1. The third-order valence-corrected chi connectivity index (χ3v) is 4.91. The van der Waals surface area contributed by atoms with Crippen molar-refractivity contribution in [1.82, 2.24) is 9.55 Å². The molecule has 132 valence electrons. The maximum Gasteiger partial charge on any atom is 0.260 e. The van der Waals surface area contributed by atoms with Crippen LogP contribution in [0.25, 0.3) is 0 Å². The molecule has 0 unspecified atom stereocenters. The number of hydrogen-bond acceptors (Lipinski definition) is 3. The van der Waals surface area contributed by atoms with Crippen LogP contribution in [0, 0.1) is 0 Å². The van der Waals surface area contributed by atoms with E-state index in [9.17, 15) is 4.79 Å². The minimum Gasteiger partial charge on any atom is -0.367 e. The van der Waals surface area contributed by atoms with Gasteiger partial charge in [0.2, 0.25) is 0 Å². The Hall–Kier alpha value is -2.92. The molecule has 0 aliphatic carbocycles. The van der Waals surface area contributed by atoms with Gasteiger partial charge in [0.05, 0.1) is 12.4 Å². The first-order valence-electron chi connectivity index (χ1n) is 8.72. The summed E-state index contributed by atoms with van der Waals surface area (Å²) < 4.78 is 7.65. The maximum atomic E-state index is 13.4. The molecule has 0 saturated carbocycles. The van der Waals surface area contributed by atoms with Crippen LogP contribution in [0.3, 0.4) is 0 Å². The minimum atomic E-state index is -0.620. The van der Waals surface area contributed by atoms with Crippen LogP contribution in [0.4, 0.5) is 5.69 Å². The van der Waals surface area contributed by atoms with E-state index in [0.717, 1.165) is 23.2 Å². The second kappa shape index (κ2) is 7.14. The maximum absolute atomic E-state index is 13.4. The van der Waals surface area contributed by atoms with Gasteiger partial charge in [-0.05, 0) is 23.6 Å². The highest BCUT2D eigenvalue weighted by Crippen LogP contribution is 2.34. The number of hydrogen-bond donors (Lipinski definition) is 0. The number of aromatic nitrogens is 2. The van der Waals surface area contributed by atoms with E-state index >= 15 is 0 Å². The Bertz CT molecular complexity index is 877. The minimum absolute atomic E-state index is 0.0454. The molecule has 1 amide bonds. The summed E-state index contributed by atoms with van der Waals surface area (Å²) >= 11 is 0. The predicted molar refractivity (Wildman–Crippen MR) is 100.0 cm³/mol. The first-order valence-corrected chi connectivity index (χ1v) is 8.72. The van der Waals surface area contributed by atoms with Crippen molar-refractivity contribution < 1.29 is 9.53 Å². The summed E-state index contributed by atoms with van der Waals surface area (Å²) in [5, 5.41) is 0. The highest BCUT2D eigenvalue weighted by atomic mass is 16.5. The second-order valence-corrected chi connectivity index (χ2v) is 6.47. The number of carbonyl (C=O) groups excluding carboxylic acids is 1. The molecule has 2 atom stereocenters. The van der Waals surface area contributed by atoms with Crippen molar-refractivity contribution in [3.63, 3.8) is 0 Å². The Kier molecular flexibility index (Phi) is 4.54. The number of amides is 1. The van der Waals surface area contributed by atoms with Crippen molar-refractivity contribution in [2.75, 3.05) is 18.6 Å². The third-order valence-electron chi connectivity index (χ3n) is 4.91. The van der Waals surface area contributed by atoms with Gasteiger partial charge in [-0.15, -0.1) is 0 Å². The molecule has 2 heterocycles. The molecule has 4 rings (SSSR count). The van der Waals surface area contributed by atoms with E-state index < -0.39 is 6.10 Å². The largest absolute Gasteiger partial charge is 0.367 e. The van der Waals surface area contributed by atoms with Gasteiger partial charge in [-0.2, -0.15) is 0 Å². The second-order valence-electron chi connectivity index (χ2n) is 6.47. The van der Waals surface area contributed by atoms with Gasteiger partial charge in [0.15, 0.2) is 6.10 Å². The number of methoxy groups -OCH3 is 1. The highest BCUT2D eigenvalue weighted by molar-refractivity contribution is 5.98. The van der Waals surface area contributed by atoms with E-state index in [4.69, 9.17) is 4.74 Å². The number of imidazole rings is 1. The number of benzene rings is 2. The van der Waals surface area contributed by atoms with Crippen LogP contribution in [-0.4, -0.2) is 29.1 Å². The molecular weight excluding hydrogens is 326 g/mol. The van der Waals surface area contributed by atoms with Gasteiger partial charge in [0.25, 0.3) is 5.91 Å². The third kappa shape index (κ3) is 3.02. The van der Waals surface area contributed by atoms with Crippen molar-refractivity contribution in [3.05, 3.63) is 84.4 Å². The Balaban J connectivity index is 1.70. The SMILES string of the molecule is CO[C@H](C(=O)N1C[C@@H](n2ccnc2)Cc2ccccc21)c1ccccc1. The highest BCUT2D eigenvalue weighted by Gasteiger charge is 2.33. The Morgan fingerprint density at radius 3 is 2.65 bits per heavy atom. The molecule has 1 aliphatic rings. The predicted octanol–water partition coefficient (Wildman–Crippen LogP) is 3.40. The van der Waals surface area contributed by atoms with Gasteiger partial charge in [0.1, 0.15) is 0 Å². The van der Waals surface area contributed by atoms with Crippen molar-refractivity contribution >= 4 is 11.6 Å². The smallest absolute Gasteiger partial charge is 0.260 e. The fourth-order valence-corrected chi connectivity index (χ4v) is 3.62. The molecule has 5 nitrogen and oxygen atoms in total. The summed E-state index contributed by atoms with van der Waals surface area (Å²) in [5.41, 5.74) is 2.99. The number of rotatable bonds is 4. The number of anilines is 1. The summed E-state index contributed by atoms with van der Waals surface area (Å²) in [6.45, 7) is 0.596. The lowest BCUT2D eigenvalue weighted by Gasteiger charge is -2.36. The Labute approximate surface area is 152 Å². The van der Waals surface area contributed by atoms with Gasteiger partial charge in [-0.1, -0.05) is 48.5 Å². The molecule has 26 heavy (non-hydrogen) atoms. The van der Waals surface area contributed by atoms with Crippen molar-refractivity contribution in [2.45, 2.75) is 18.6 Å². The van der Waals surface area contributed by atoms with E-state index in [2.05, 4.69) is 15.6 Å². The first-order chi connectivity index (χ1) is 12.8. The van der Waals surface area contributed by atoms with Gasteiger partial charge in [-0.25, -0.2) is 4.98 Å². The zero-order valence-electron chi connectivity index (χ0n) is 14.7. The van der Waals surface area contributed by atoms with Gasteiger partial charge >= 0.3 is 0 Å². The molecule has 0 spiro atoms. The number of fused-ring (bicyclic) bond motifs is 1. The molecule has 5 heteroatoms. The first kappa shape index (κ1) is 16.5. The van der Waals surface area contributed by atoms with Gasteiger partial charge in [-0.3, -0.25) is 4.79 Å². The van der Waals surface area contributed by atoms with Crippen LogP contribution in [-0.2, 0) is 16.0 Å². The number of nitrogens with zero attached hydrogens (tertiary/aromatic N) is 3. The molecule has 0 N–H and O–H groups in total. The van der Waals surface area contributed by atoms with E-state index in [0.29, 0.717) is 6.54 Å². The molecule has 0 bridgehead atoms. The Morgan fingerprint density at radius 1 is 1.15 bits per heavy atom. The van der Waals surface area contributed by atoms with Crippen molar-refractivity contribution in [1.29, 1.82) is 0 Å². The van der Waals surface area contributed by atoms with E-state index in [1.807, 2.05) is 66.0 Å². The quantitative estimate of drug-likeness (QED) is 0.727. The molecular formula is C21H21N3O2. The fraction of sp³-hybridized carbons (Fsp3) is 0.238. The monoisotopic (exact) mass is 347 g/mol. The molecule has 0 fully saturated rings. The lowest BCUT2D eigenvalue weighted by atomic mass is 9.96. The lowest BCUT2D eigenvalue weighted by Crippen LogP contribution is -2.43. The number of carbonyl (C=O) groups is 1. The zero-order valence-corrected chi connectivity index (χ0v) is 14.7. The topological polar surface area (TPSA) is 47.4 Å². The standard InChI is InChI=1S/C21H21N3O2/c1-26-20(16-7-3-2-4-8-16)21(25)24-14-18(23-12-11-22-15-23)13-17-9-5-6-10-19(17)24/h2-12,15,18,20H,13-14H2,1H3/t18-,20-/m0/s1. The summed E-state index contributed by atoms with van der Waals surface area (Å²) in [5.74, 6) is -0.0454. The van der Waals surface area contributed by atoms with Crippen molar-refractivity contribution in [3.8, 4) is 0 Å². The van der Waals surface area contributed by atoms with Gasteiger partial charge < -0.3 is 14.2 Å². The molecule has 1 aromatic heterocycles. The van der Waals surface area contributed by atoms with E-state index in [1.54, 1.807) is 13.3 Å². The molecule has 2 aromatic carbocycles. The van der Waals surface area contributed by atoms with Crippen LogP contribution in [0.15, 0.2) is 73.3 Å². The number of para-hydroxylation sites is 1. The van der Waals surface area contributed by atoms with Crippen LogP contribution in [0.1, 0.15) is 23.3 Å². The molecule has 0 saturated heterocycles. The van der Waals surface area contributed by atoms with E-state index in [-0.39, 0.29) is 11.9 Å². The Morgan fingerprint density at radius 2 is 1.92 bits per heavy atom. The van der Waals surface area contributed by atoms with Crippen LogP contribution in [0.5, 0.6) is 0 Å². The van der Waals surface area contributed by atoms with Crippen LogP contribution in [0.2, 0.25) is 0 Å². The summed E-state index contributed by atoms with van der Waals surface area (Å²) in [6, 6.07) is 17.9. The fourth-order valence-electron chi connectivity index (χ4n) is 3.62. The summed E-state index contributed by atoms with van der Waals surface area (Å²) in [6.07, 6.45) is 5.79. The van der Waals surface area contributed by atoms with Gasteiger partial charge in [0, 0.05) is 31.7 Å². The summed E-state index contributed by atoms with van der Waals surface area (Å²) in [7, 11) is 1.58. The average molecular weight is 347 g/mol. The average Bonchev–Trinajstić information content (AvgIpc) is 3.23. The molecule has 1 aliphatic heterocycles. The lowest BCUT2D eigenvalue weighted by molar-refractivity contribution is -0.128.